The number of fused-ring (bicyclic) bond motifs is 1. The van der Waals surface area contributed by atoms with Gasteiger partial charge in [0, 0.05) is 12.0 Å². The molecule has 4 heteroatoms. The first-order chi connectivity index (χ1) is 14.5. The van der Waals surface area contributed by atoms with Crippen molar-refractivity contribution in [3.63, 3.8) is 0 Å². The number of ether oxygens (including phenoxy) is 2. The normalized spacial score (nSPS) is 10.9. The first-order valence-electron chi connectivity index (χ1n) is 9.91. The van der Waals surface area contributed by atoms with Crippen molar-refractivity contribution in [3.05, 3.63) is 105 Å². The van der Waals surface area contributed by atoms with Crippen LogP contribution in [0.3, 0.4) is 0 Å². The zero-order valence-corrected chi connectivity index (χ0v) is 17.4. The summed E-state index contributed by atoms with van der Waals surface area (Å²) in [6.07, 6.45) is 0.525. The minimum absolute atomic E-state index is 0.296. The van der Waals surface area contributed by atoms with E-state index >= 15 is 0 Å². The molecule has 4 rings (SSSR count). The summed E-state index contributed by atoms with van der Waals surface area (Å²) >= 11 is 0. The summed E-state index contributed by atoms with van der Waals surface area (Å²) < 4.78 is 17.1. The summed E-state index contributed by atoms with van der Waals surface area (Å²) in [5.74, 6) is 1.53. The number of hydrogen-bond donors (Lipinski definition) is 0. The molecule has 1 aromatic heterocycles. The molecule has 0 fully saturated rings. The van der Waals surface area contributed by atoms with Crippen molar-refractivity contribution >= 4 is 11.0 Å². The fourth-order valence-corrected chi connectivity index (χ4v) is 3.64. The van der Waals surface area contributed by atoms with Crippen molar-refractivity contribution in [2.24, 2.45) is 0 Å². The summed E-state index contributed by atoms with van der Waals surface area (Å²) in [5, 5.41) is 0.847. The first-order valence-corrected chi connectivity index (χ1v) is 9.91. The van der Waals surface area contributed by atoms with E-state index in [-0.39, 0.29) is 5.63 Å². The molecular formula is C26H24O4. The first kappa shape index (κ1) is 19.8. The maximum Gasteiger partial charge on any atom is 0.340 e. The molecule has 0 saturated carbocycles. The topological polar surface area (TPSA) is 48.7 Å². The maximum absolute atomic E-state index is 12.7. The fourth-order valence-electron chi connectivity index (χ4n) is 3.64. The molecule has 0 amide bonds. The van der Waals surface area contributed by atoms with Gasteiger partial charge < -0.3 is 13.9 Å². The van der Waals surface area contributed by atoms with Crippen LogP contribution < -0.4 is 15.1 Å². The third-order valence-electron chi connectivity index (χ3n) is 5.26. The standard InChI is InChI=1S/C26H24O4/c1-17-13-23(29-16-20-9-11-21(28-3)12-10-20)25-18(2)22(26(27)30-24(25)14-17)15-19-7-5-4-6-8-19/h4-14H,15-16H2,1-3H3. The van der Waals surface area contributed by atoms with Gasteiger partial charge in [0.05, 0.1) is 12.5 Å². The molecule has 0 spiro atoms. The van der Waals surface area contributed by atoms with Crippen LogP contribution in [0, 0.1) is 13.8 Å². The fraction of sp³-hybridized carbons (Fsp3) is 0.192. The Morgan fingerprint density at radius 2 is 1.63 bits per heavy atom. The lowest BCUT2D eigenvalue weighted by molar-refractivity contribution is 0.309. The van der Waals surface area contributed by atoms with Crippen LogP contribution in [0.2, 0.25) is 0 Å². The number of hydrogen-bond acceptors (Lipinski definition) is 4. The summed E-state index contributed by atoms with van der Waals surface area (Å²) in [7, 11) is 1.65. The van der Waals surface area contributed by atoms with Gasteiger partial charge in [-0.15, -0.1) is 0 Å². The van der Waals surface area contributed by atoms with Gasteiger partial charge in [-0.25, -0.2) is 4.79 Å². The largest absolute Gasteiger partial charge is 0.497 e. The van der Waals surface area contributed by atoms with Gasteiger partial charge in [0.2, 0.25) is 0 Å². The number of aryl methyl sites for hydroxylation is 2. The van der Waals surface area contributed by atoms with Crippen LogP contribution in [0.5, 0.6) is 11.5 Å². The van der Waals surface area contributed by atoms with Crippen LogP contribution in [-0.4, -0.2) is 7.11 Å². The lowest BCUT2D eigenvalue weighted by Crippen LogP contribution is -2.11. The van der Waals surface area contributed by atoms with Crippen molar-refractivity contribution in [1.82, 2.24) is 0 Å². The van der Waals surface area contributed by atoms with E-state index in [4.69, 9.17) is 13.9 Å². The Morgan fingerprint density at radius 1 is 0.900 bits per heavy atom. The predicted molar refractivity (Wildman–Crippen MR) is 119 cm³/mol. The van der Waals surface area contributed by atoms with E-state index in [0.717, 1.165) is 39.1 Å². The molecule has 0 saturated heterocycles. The van der Waals surface area contributed by atoms with Crippen LogP contribution in [0.15, 0.2) is 75.9 Å². The molecule has 0 atom stereocenters. The maximum atomic E-state index is 12.7. The van der Waals surface area contributed by atoms with E-state index in [1.54, 1.807) is 7.11 Å². The van der Waals surface area contributed by atoms with Crippen LogP contribution in [-0.2, 0) is 13.0 Å². The second kappa shape index (κ2) is 8.46. The molecule has 0 radical (unpaired) electrons. The molecule has 4 aromatic rings. The Morgan fingerprint density at radius 3 is 2.33 bits per heavy atom. The highest BCUT2D eigenvalue weighted by Gasteiger charge is 2.16. The van der Waals surface area contributed by atoms with E-state index in [9.17, 15) is 4.79 Å². The third-order valence-corrected chi connectivity index (χ3v) is 5.26. The Bertz CT molecular complexity index is 1220. The Labute approximate surface area is 175 Å². The molecule has 30 heavy (non-hydrogen) atoms. The van der Waals surface area contributed by atoms with E-state index in [1.807, 2.05) is 80.6 Å². The Kier molecular flexibility index (Phi) is 5.57. The van der Waals surface area contributed by atoms with Gasteiger partial charge in [-0.2, -0.15) is 0 Å². The van der Waals surface area contributed by atoms with Crippen LogP contribution >= 0.6 is 0 Å². The average molecular weight is 400 g/mol. The molecule has 0 unspecified atom stereocenters. The van der Waals surface area contributed by atoms with Gasteiger partial charge in [0.15, 0.2) is 0 Å². The minimum atomic E-state index is -0.296. The van der Waals surface area contributed by atoms with E-state index in [2.05, 4.69) is 0 Å². The number of benzene rings is 3. The summed E-state index contributed by atoms with van der Waals surface area (Å²) in [6, 6.07) is 21.6. The molecule has 0 aliphatic carbocycles. The Hall–Kier alpha value is -3.53. The van der Waals surface area contributed by atoms with Gasteiger partial charge in [-0.05, 0) is 60.4 Å². The second-order valence-corrected chi connectivity index (χ2v) is 7.43. The van der Waals surface area contributed by atoms with E-state index in [0.29, 0.717) is 24.2 Å². The summed E-state index contributed by atoms with van der Waals surface area (Å²) in [4.78, 5) is 12.7. The number of methoxy groups -OCH3 is 1. The number of rotatable bonds is 6. The smallest absolute Gasteiger partial charge is 0.340 e. The molecule has 3 aromatic carbocycles. The minimum Gasteiger partial charge on any atom is -0.497 e. The lowest BCUT2D eigenvalue weighted by atomic mass is 9.98. The van der Waals surface area contributed by atoms with E-state index in [1.165, 1.54) is 0 Å². The van der Waals surface area contributed by atoms with Gasteiger partial charge >= 0.3 is 5.63 Å². The molecule has 0 bridgehead atoms. The summed E-state index contributed by atoms with van der Waals surface area (Å²) in [6.45, 7) is 4.34. The molecular weight excluding hydrogens is 376 g/mol. The molecule has 0 N–H and O–H groups in total. The van der Waals surface area contributed by atoms with Crippen molar-refractivity contribution < 1.29 is 13.9 Å². The van der Waals surface area contributed by atoms with Crippen LogP contribution in [0.25, 0.3) is 11.0 Å². The van der Waals surface area contributed by atoms with Crippen LogP contribution in [0.1, 0.15) is 27.8 Å². The zero-order valence-electron chi connectivity index (χ0n) is 17.4. The van der Waals surface area contributed by atoms with Crippen molar-refractivity contribution in [1.29, 1.82) is 0 Å². The van der Waals surface area contributed by atoms with E-state index < -0.39 is 0 Å². The monoisotopic (exact) mass is 400 g/mol. The van der Waals surface area contributed by atoms with Gasteiger partial charge in [-0.1, -0.05) is 42.5 Å². The van der Waals surface area contributed by atoms with Crippen molar-refractivity contribution in [2.45, 2.75) is 26.9 Å². The molecule has 0 aliphatic rings. The highest BCUT2D eigenvalue weighted by atomic mass is 16.5. The average Bonchev–Trinajstić information content (AvgIpc) is 2.75. The highest BCUT2D eigenvalue weighted by molar-refractivity contribution is 5.88. The predicted octanol–water partition coefficient (Wildman–Crippen LogP) is 5.59. The molecule has 0 aliphatic heterocycles. The van der Waals surface area contributed by atoms with Crippen LogP contribution in [0.4, 0.5) is 0 Å². The Balaban J connectivity index is 1.73. The van der Waals surface area contributed by atoms with Crippen molar-refractivity contribution in [3.8, 4) is 11.5 Å². The summed E-state index contributed by atoms with van der Waals surface area (Å²) in [5.41, 5.74) is 4.90. The second-order valence-electron chi connectivity index (χ2n) is 7.43. The molecule has 152 valence electrons. The van der Waals surface area contributed by atoms with Gasteiger partial charge in [-0.3, -0.25) is 0 Å². The highest BCUT2D eigenvalue weighted by Crippen LogP contribution is 2.32. The van der Waals surface area contributed by atoms with Crippen molar-refractivity contribution in [2.75, 3.05) is 7.11 Å². The quantitative estimate of drug-likeness (QED) is 0.396. The lowest BCUT2D eigenvalue weighted by Gasteiger charge is -2.14. The van der Waals surface area contributed by atoms with Gasteiger partial charge in [0.25, 0.3) is 0 Å². The zero-order chi connectivity index (χ0) is 21.1. The SMILES string of the molecule is COc1ccc(COc2cc(C)cc3oc(=O)c(Cc4ccccc4)c(C)c23)cc1. The molecule has 1 heterocycles. The third kappa shape index (κ3) is 4.08. The van der Waals surface area contributed by atoms with Gasteiger partial charge in [0.1, 0.15) is 23.7 Å². The molecule has 4 nitrogen and oxygen atoms in total.